The maximum Gasteiger partial charge on any atom is 0.326 e. The summed E-state index contributed by atoms with van der Waals surface area (Å²) in [6.07, 6.45) is 0.239. The quantitative estimate of drug-likeness (QED) is 0.0792. The molecule has 40 heavy (non-hydrogen) atoms. The summed E-state index contributed by atoms with van der Waals surface area (Å²) in [5, 5.41) is 26.4. The normalized spacial score (nSPS) is 13.8. The monoisotopic (exact) mass is 565 g/mol. The summed E-state index contributed by atoms with van der Waals surface area (Å²) in [7, 11) is 0. The third-order valence-corrected chi connectivity index (χ3v) is 5.92. The van der Waals surface area contributed by atoms with Gasteiger partial charge < -0.3 is 49.1 Å². The number of hydrogen-bond donors (Lipinski definition) is 9. The van der Waals surface area contributed by atoms with Gasteiger partial charge in [0.2, 0.25) is 29.5 Å². The van der Waals surface area contributed by atoms with E-state index in [-0.39, 0.29) is 44.3 Å². The highest BCUT2D eigenvalue weighted by atomic mass is 16.4. The van der Waals surface area contributed by atoms with E-state index in [0.29, 0.717) is 24.9 Å². The fourth-order valence-electron chi connectivity index (χ4n) is 3.64. The zero-order valence-electron chi connectivity index (χ0n) is 22.1. The molecule has 4 unspecified atom stereocenters. The minimum atomic E-state index is -1.35. The molecule has 0 fully saturated rings. The van der Waals surface area contributed by atoms with Crippen molar-refractivity contribution in [1.29, 1.82) is 0 Å². The van der Waals surface area contributed by atoms with E-state index in [9.17, 15) is 39.0 Å². The van der Waals surface area contributed by atoms with E-state index in [1.807, 2.05) is 0 Å². The van der Waals surface area contributed by atoms with Gasteiger partial charge in [0.15, 0.2) is 0 Å². The van der Waals surface area contributed by atoms with Gasteiger partial charge in [0.1, 0.15) is 23.9 Å². The molecular formula is C25H39N7O8. The zero-order chi connectivity index (χ0) is 30.2. The molecule has 15 heteroatoms. The molecule has 0 aliphatic rings. The van der Waals surface area contributed by atoms with Crippen LogP contribution in [0.3, 0.4) is 0 Å². The van der Waals surface area contributed by atoms with Crippen molar-refractivity contribution in [3.63, 3.8) is 0 Å². The first-order valence-electron chi connectivity index (χ1n) is 12.8. The van der Waals surface area contributed by atoms with E-state index < -0.39 is 59.7 Å². The fraction of sp³-hybridized carbons (Fsp3) is 0.520. The number of carboxylic acid groups (broad SMARTS) is 1. The lowest BCUT2D eigenvalue weighted by Crippen LogP contribution is -2.57. The molecule has 1 aromatic carbocycles. The SMILES string of the molecule is NCCCCC(NC(=O)C(CCC(N)=O)NC(=O)C(N)CCC(N)=O)C(=O)NC(Cc1ccc(O)cc1)C(=O)O. The molecule has 0 aliphatic heterocycles. The molecule has 13 N–H and O–H groups in total. The third-order valence-electron chi connectivity index (χ3n) is 5.92. The van der Waals surface area contributed by atoms with Gasteiger partial charge in [-0.1, -0.05) is 12.1 Å². The Bertz CT molecular complexity index is 1030. The van der Waals surface area contributed by atoms with Crippen molar-refractivity contribution in [2.75, 3.05) is 6.54 Å². The summed E-state index contributed by atoms with van der Waals surface area (Å²) in [4.78, 5) is 72.9. The number of nitrogens with one attached hydrogen (secondary N) is 3. The van der Waals surface area contributed by atoms with Crippen LogP contribution in [0.1, 0.15) is 50.5 Å². The first-order chi connectivity index (χ1) is 18.8. The molecule has 0 saturated heterocycles. The molecule has 0 aliphatic carbocycles. The van der Waals surface area contributed by atoms with E-state index >= 15 is 0 Å². The van der Waals surface area contributed by atoms with Crippen LogP contribution in [0.4, 0.5) is 0 Å². The van der Waals surface area contributed by atoms with E-state index in [1.165, 1.54) is 24.3 Å². The molecule has 0 bridgehead atoms. The number of unbranched alkanes of at least 4 members (excludes halogenated alkanes) is 1. The number of benzene rings is 1. The highest BCUT2D eigenvalue weighted by molar-refractivity contribution is 5.94. The predicted octanol–water partition coefficient (Wildman–Crippen LogP) is -2.54. The molecule has 0 spiro atoms. The number of amides is 5. The number of carbonyl (C=O) groups is 6. The summed E-state index contributed by atoms with van der Waals surface area (Å²) in [6, 6.07) is 0.763. The lowest BCUT2D eigenvalue weighted by Gasteiger charge is -2.25. The number of nitrogens with two attached hydrogens (primary N) is 4. The van der Waals surface area contributed by atoms with Gasteiger partial charge in [-0.2, -0.15) is 0 Å². The van der Waals surface area contributed by atoms with Crippen LogP contribution in [0, 0.1) is 0 Å². The molecular weight excluding hydrogens is 526 g/mol. The minimum Gasteiger partial charge on any atom is -0.508 e. The van der Waals surface area contributed by atoms with E-state index in [1.54, 1.807) is 0 Å². The molecule has 1 aromatic rings. The predicted molar refractivity (Wildman–Crippen MR) is 143 cm³/mol. The van der Waals surface area contributed by atoms with Crippen LogP contribution in [0.15, 0.2) is 24.3 Å². The topological polar surface area (TPSA) is 283 Å². The van der Waals surface area contributed by atoms with E-state index in [2.05, 4.69) is 16.0 Å². The number of hydrogen-bond acceptors (Lipinski definition) is 9. The molecule has 0 aromatic heterocycles. The lowest BCUT2D eigenvalue weighted by atomic mass is 10.0. The Morgan fingerprint density at radius 3 is 1.75 bits per heavy atom. The van der Waals surface area contributed by atoms with Crippen LogP contribution >= 0.6 is 0 Å². The number of rotatable bonds is 19. The summed E-state index contributed by atoms with van der Waals surface area (Å²) in [5.41, 5.74) is 22.1. The van der Waals surface area contributed by atoms with Gasteiger partial charge >= 0.3 is 5.97 Å². The van der Waals surface area contributed by atoms with Gasteiger partial charge in [-0.05, 0) is 56.3 Å². The average Bonchev–Trinajstić information content (AvgIpc) is 2.89. The van der Waals surface area contributed by atoms with Gasteiger partial charge in [-0.25, -0.2) is 4.79 Å². The average molecular weight is 566 g/mol. The maximum atomic E-state index is 13.1. The van der Waals surface area contributed by atoms with E-state index in [4.69, 9.17) is 22.9 Å². The maximum absolute atomic E-state index is 13.1. The van der Waals surface area contributed by atoms with Crippen LogP contribution in [0.2, 0.25) is 0 Å². The summed E-state index contributed by atoms with van der Waals surface area (Å²) in [5.74, 6) is -5.11. The van der Waals surface area contributed by atoms with Crippen LogP contribution in [-0.4, -0.2) is 76.4 Å². The Balaban J connectivity index is 3.04. The van der Waals surface area contributed by atoms with Crippen molar-refractivity contribution < 1.29 is 39.0 Å². The van der Waals surface area contributed by atoms with Crippen LogP contribution < -0.4 is 38.9 Å². The number of carbonyl (C=O) groups excluding carboxylic acids is 5. The van der Waals surface area contributed by atoms with Crippen LogP contribution in [0.5, 0.6) is 5.75 Å². The Morgan fingerprint density at radius 2 is 1.23 bits per heavy atom. The van der Waals surface area contributed by atoms with Crippen molar-refractivity contribution in [1.82, 2.24) is 16.0 Å². The van der Waals surface area contributed by atoms with Gasteiger partial charge in [0.05, 0.1) is 6.04 Å². The smallest absolute Gasteiger partial charge is 0.326 e. The van der Waals surface area contributed by atoms with Gasteiger partial charge in [-0.3, -0.25) is 24.0 Å². The molecule has 4 atom stereocenters. The van der Waals surface area contributed by atoms with Gasteiger partial charge in [0, 0.05) is 19.3 Å². The second-order valence-corrected chi connectivity index (χ2v) is 9.29. The number of aromatic hydroxyl groups is 1. The first-order valence-corrected chi connectivity index (χ1v) is 12.8. The van der Waals surface area contributed by atoms with Crippen molar-refractivity contribution in [3.05, 3.63) is 29.8 Å². The summed E-state index contributed by atoms with van der Waals surface area (Å²) < 4.78 is 0. The third kappa shape index (κ3) is 13.0. The van der Waals surface area contributed by atoms with E-state index in [0.717, 1.165) is 0 Å². The largest absolute Gasteiger partial charge is 0.508 e. The molecule has 0 saturated carbocycles. The molecule has 5 amide bonds. The number of carboxylic acids is 1. The summed E-state index contributed by atoms with van der Waals surface area (Å²) in [6.45, 7) is 0.321. The van der Waals surface area contributed by atoms with Crippen molar-refractivity contribution in [2.24, 2.45) is 22.9 Å². The first kappa shape index (κ1) is 33.8. The van der Waals surface area contributed by atoms with Crippen LogP contribution in [0.25, 0.3) is 0 Å². The molecule has 222 valence electrons. The number of aliphatic carboxylic acids is 1. The lowest BCUT2D eigenvalue weighted by molar-refractivity contribution is -0.142. The second kappa shape index (κ2) is 17.4. The van der Waals surface area contributed by atoms with Gasteiger partial charge in [0.25, 0.3) is 0 Å². The molecule has 0 radical (unpaired) electrons. The Morgan fingerprint density at radius 1 is 0.725 bits per heavy atom. The van der Waals surface area contributed by atoms with Crippen molar-refractivity contribution in [2.45, 2.75) is 75.5 Å². The van der Waals surface area contributed by atoms with Gasteiger partial charge in [-0.15, -0.1) is 0 Å². The van der Waals surface area contributed by atoms with Crippen LogP contribution in [-0.2, 0) is 35.2 Å². The number of phenolic OH excluding ortho intramolecular Hbond substituents is 1. The molecule has 0 heterocycles. The number of phenols is 1. The highest BCUT2D eigenvalue weighted by Crippen LogP contribution is 2.12. The zero-order valence-corrected chi connectivity index (χ0v) is 22.1. The Labute approximate surface area is 231 Å². The standard InChI is InChI=1S/C25H39N7O8/c26-12-2-1-3-17(23(37)32-19(25(39)40)13-14-4-6-15(33)7-5-14)31-24(38)18(9-11-21(29)35)30-22(36)16(27)8-10-20(28)34/h4-7,16-19,33H,1-3,8-13,26-27H2,(H2,28,34)(H2,29,35)(H,30,36)(H,31,38)(H,32,37)(H,39,40). The Hall–Kier alpha value is -4.24. The molecule has 1 rings (SSSR count). The Kier molecular flexibility index (Phi) is 14.7. The second-order valence-electron chi connectivity index (χ2n) is 9.29. The highest BCUT2D eigenvalue weighted by Gasteiger charge is 2.30. The van der Waals surface area contributed by atoms with Crippen molar-refractivity contribution in [3.8, 4) is 5.75 Å². The fourth-order valence-corrected chi connectivity index (χ4v) is 3.64. The molecule has 15 nitrogen and oxygen atoms in total. The number of primary amides is 2. The van der Waals surface area contributed by atoms with Crippen molar-refractivity contribution >= 4 is 35.5 Å². The minimum absolute atomic E-state index is 0.00542. The summed E-state index contributed by atoms with van der Waals surface area (Å²) >= 11 is 0.